The van der Waals surface area contributed by atoms with Gasteiger partial charge >= 0.3 is 0 Å². The number of rotatable bonds is 3. The average molecular weight is 222 g/mol. The Morgan fingerprint density at radius 2 is 2.06 bits per heavy atom. The van der Waals surface area contributed by atoms with Crippen LogP contribution < -0.4 is 10.6 Å². The number of amides is 1. The Bertz CT molecular complexity index is 276. The minimum atomic E-state index is 0.342. The van der Waals surface area contributed by atoms with E-state index in [0.717, 1.165) is 24.9 Å². The summed E-state index contributed by atoms with van der Waals surface area (Å²) in [7, 11) is 0. The van der Waals surface area contributed by atoms with Gasteiger partial charge in [-0.2, -0.15) is 0 Å². The SMILES string of the molecule is CC(NC(=O)C1C2CCCC21)C1CCNC1. The molecule has 3 aliphatic rings. The molecule has 3 nitrogen and oxygen atoms in total. The van der Waals surface area contributed by atoms with E-state index < -0.39 is 0 Å². The van der Waals surface area contributed by atoms with Crippen LogP contribution in [0.15, 0.2) is 0 Å². The van der Waals surface area contributed by atoms with Crippen LogP contribution >= 0.6 is 0 Å². The lowest BCUT2D eigenvalue weighted by atomic mass is 10.00. The molecule has 16 heavy (non-hydrogen) atoms. The maximum Gasteiger partial charge on any atom is 0.223 e. The first-order valence-corrected chi connectivity index (χ1v) is 6.78. The van der Waals surface area contributed by atoms with Crippen molar-refractivity contribution in [2.45, 2.75) is 38.6 Å². The summed E-state index contributed by atoms with van der Waals surface area (Å²) in [5.41, 5.74) is 0. The topological polar surface area (TPSA) is 41.1 Å². The minimum absolute atomic E-state index is 0.342. The quantitative estimate of drug-likeness (QED) is 0.752. The maximum absolute atomic E-state index is 12.1. The Kier molecular flexibility index (Phi) is 2.66. The van der Waals surface area contributed by atoms with Gasteiger partial charge in [0.15, 0.2) is 0 Å². The number of hydrogen-bond acceptors (Lipinski definition) is 2. The number of hydrogen-bond donors (Lipinski definition) is 2. The molecule has 4 atom stereocenters. The summed E-state index contributed by atoms with van der Waals surface area (Å²) >= 11 is 0. The van der Waals surface area contributed by atoms with Gasteiger partial charge in [-0.05, 0) is 57.0 Å². The van der Waals surface area contributed by atoms with E-state index in [0.29, 0.717) is 23.8 Å². The molecule has 3 fully saturated rings. The van der Waals surface area contributed by atoms with E-state index in [-0.39, 0.29) is 0 Å². The second-order valence-electron chi connectivity index (χ2n) is 5.83. The van der Waals surface area contributed by atoms with Crippen molar-refractivity contribution in [2.75, 3.05) is 13.1 Å². The Morgan fingerprint density at radius 3 is 2.69 bits per heavy atom. The molecule has 0 spiro atoms. The molecule has 0 aromatic rings. The van der Waals surface area contributed by atoms with Gasteiger partial charge in [0, 0.05) is 12.0 Å². The molecule has 2 N–H and O–H groups in total. The van der Waals surface area contributed by atoms with Crippen molar-refractivity contribution < 1.29 is 4.79 Å². The molecule has 1 aliphatic heterocycles. The fourth-order valence-corrected chi connectivity index (χ4v) is 3.75. The van der Waals surface area contributed by atoms with Crippen LogP contribution in [0.4, 0.5) is 0 Å². The number of nitrogens with one attached hydrogen (secondary N) is 2. The van der Waals surface area contributed by atoms with Gasteiger partial charge in [-0.25, -0.2) is 0 Å². The third kappa shape index (κ3) is 1.75. The summed E-state index contributed by atoms with van der Waals surface area (Å²) in [5.74, 6) is 2.85. The van der Waals surface area contributed by atoms with E-state index in [9.17, 15) is 4.79 Å². The predicted octanol–water partition coefficient (Wildman–Crippen LogP) is 1.15. The lowest BCUT2D eigenvalue weighted by Crippen LogP contribution is -2.40. The van der Waals surface area contributed by atoms with Crippen molar-refractivity contribution in [2.24, 2.45) is 23.7 Å². The standard InChI is InChI=1S/C13H22N2O/c1-8(9-5-6-14-7-9)15-13(16)12-10-3-2-4-11(10)12/h8-12,14H,2-7H2,1H3,(H,15,16). The highest BCUT2D eigenvalue weighted by Gasteiger charge is 2.56. The van der Waals surface area contributed by atoms with E-state index in [1.165, 1.54) is 25.7 Å². The molecule has 0 bridgehead atoms. The van der Waals surface area contributed by atoms with E-state index in [2.05, 4.69) is 17.6 Å². The van der Waals surface area contributed by atoms with Crippen LogP contribution in [0.5, 0.6) is 0 Å². The molecule has 3 heteroatoms. The molecule has 90 valence electrons. The highest BCUT2D eigenvalue weighted by Crippen LogP contribution is 2.57. The van der Waals surface area contributed by atoms with Gasteiger partial charge in [-0.15, -0.1) is 0 Å². The first-order chi connectivity index (χ1) is 7.77. The third-order valence-electron chi connectivity index (χ3n) is 4.88. The van der Waals surface area contributed by atoms with Gasteiger partial charge in [0.05, 0.1) is 0 Å². The summed E-state index contributed by atoms with van der Waals surface area (Å²) in [4.78, 5) is 12.1. The Morgan fingerprint density at radius 1 is 1.31 bits per heavy atom. The second kappa shape index (κ2) is 4.02. The van der Waals surface area contributed by atoms with Crippen LogP contribution in [0.2, 0.25) is 0 Å². The van der Waals surface area contributed by atoms with Crippen LogP contribution in [0, 0.1) is 23.7 Å². The average Bonchev–Trinajstić information content (AvgIpc) is 2.76. The smallest absolute Gasteiger partial charge is 0.223 e. The first-order valence-electron chi connectivity index (χ1n) is 6.78. The lowest BCUT2D eigenvalue weighted by molar-refractivity contribution is -0.124. The van der Waals surface area contributed by atoms with Crippen LogP contribution in [0.25, 0.3) is 0 Å². The number of carbonyl (C=O) groups is 1. The molecule has 0 aromatic heterocycles. The normalized spacial score (nSPS) is 42.8. The van der Waals surface area contributed by atoms with Gasteiger partial charge in [-0.1, -0.05) is 6.42 Å². The molecule has 4 unspecified atom stereocenters. The minimum Gasteiger partial charge on any atom is -0.353 e. The second-order valence-corrected chi connectivity index (χ2v) is 5.83. The molecule has 3 rings (SSSR count). The third-order valence-corrected chi connectivity index (χ3v) is 4.88. The molecule has 1 amide bonds. The highest BCUT2D eigenvalue weighted by molar-refractivity contribution is 5.82. The monoisotopic (exact) mass is 222 g/mol. The van der Waals surface area contributed by atoms with Crippen LogP contribution in [0.3, 0.4) is 0 Å². The van der Waals surface area contributed by atoms with E-state index >= 15 is 0 Å². The summed E-state index contributed by atoms with van der Waals surface area (Å²) < 4.78 is 0. The van der Waals surface area contributed by atoms with Gasteiger partial charge in [0.2, 0.25) is 5.91 Å². The molecule has 1 heterocycles. The van der Waals surface area contributed by atoms with Crippen LogP contribution in [-0.4, -0.2) is 25.0 Å². The van der Waals surface area contributed by atoms with Crippen LogP contribution in [-0.2, 0) is 4.79 Å². The fraction of sp³-hybridized carbons (Fsp3) is 0.923. The molecular weight excluding hydrogens is 200 g/mol. The van der Waals surface area contributed by atoms with Crippen molar-refractivity contribution in [3.05, 3.63) is 0 Å². The number of carbonyl (C=O) groups excluding carboxylic acids is 1. The van der Waals surface area contributed by atoms with E-state index in [1.54, 1.807) is 0 Å². The zero-order valence-corrected chi connectivity index (χ0v) is 10.0. The molecular formula is C13H22N2O. The van der Waals surface area contributed by atoms with Crippen molar-refractivity contribution in [3.63, 3.8) is 0 Å². The first kappa shape index (κ1) is 10.6. The van der Waals surface area contributed by atoms with Gasteiger partial charge in [0.1, 0.15) is 0 Å². The molecule has 2 aliphatic carbocycles. The van der Waals surface area contributed by atoms with Crippen molar-refractivity contribution >= 4 is 5.91 Å². The Balaban J connectivity index is 1.49. The zero-order valence-electron chi connectivity index (χ0n) is 10.0. The highest BCUT2D eigenvalue weighted by atomic mass is 16.2. The van der Waals surface area contributed by atoms with Gasteiger partial charge in [-0.3, -0.25) is 4.79 Å². The van der Waals surface area contributed by atoms with E-state index in [1.807, 2.05) is 0 Å². The van der Waals surface area contributed by atoms with Crippen molar-refractivity contribution in [3.8, 4) is 0 Å². The van der Waals surface area contributed by atoms with Crippen molar-refractivity contribution in [1.82, 2.24) is 10.6 Å². The van der Waals surface area contributed by atoms with Crippen molar-refractivity contribution in [1.29, 1.82) is 0 Å². The lowest BCUT2D eigenvalue weighted by Gasteiger charge is -2.20. The van der Waals surface area contributed by atoms with Gasteiger partial charge in [0.25, 0.3) is 0 Å². The molecule has 2 saturated carbocycles. The van der Waals surface area contributed by atoms with E-state index in [4.69, 9.17) is 0 Å². The van der Waals surface area contributed by atoms with Gasteiger partial charge < -0.3 is 10.6 Å². The predicted molar refractivity (Wildman–Crippen MR) is 62.9 cm³/mol. The zero-order chi connectivity index (χ0) is 11.1. The summed E-state index contributed by atoms with van der Waals surface area (Å²) in [6.45, 7) is 4.34. The Labute approximate surface area is 97.4 Å². The number of fused-ring (bicyclic) bond motifs is 1. The van der Waals surface area contributed by atoms with Crippen LogP contribution in [0.1, 0.15) is 32.6 Å². The summed E-state index contributed by atoms with van der Waals surface area (Å²) in [6, 6.07) is 0.351. The fourth-order valence-electron chi connectivity index (χ4n) is 3.75. The summed E-state index contributed by atoms with van der Waals surface area (Å²) in [6.07, 6.45) is 5.14. The maximum atomic E-state index is 12.1. The largest absolute Gasteiger partial charge is 0.353 e. The molecule has 0 radical (unpaired) electrons. The summed E-state index contributed by atoms with van der Waals surface area (Å²) in [5, 5.41) is 6.59. The molecule has 1 saturated heterocycles. The Hall–Kier alpha value is -0.570. The molecule has 0 aromatic carbocycles.